The predicted molar refractivity (Wildman–Crippen MR) is 57.9 cm³/mol. The van der Waals surface area contributed by atoms with Crippen molar-refractivity contribution in [2.75, 3.05) is 5.32 Å². The second-order valence-corrected chi connectivity index (χ2v) is 4.82. The van der Waals surface area contributed by atoms with Crippen LogP contribution in [0.15, 0.2) is 16.7 Å². The van der Waals surface area contributed by atoms with E-state index in [2.05, 4.69) is 26.2 Å². The van der Waals surface area contributed by atoms with Crippen molar-refractivity contribution in [3.8, 4) is 0 Å². The van der Waals surface area contributed by atoms with Crippen LogP contribution >= 0.6 is 15.9 Å². The van der Waals surface area contributed by atoms with Crippen LogP contribution in [0.5, 0.6) is 0 Å². The summed E-state index contributed by atoms with van der Waals surface area (Å²) < 4.78 is 13.7. The summed E-state index contributed by atoms with van der Waals surface area (Å²) in [4.78, 5) is 15.4. The van der Waals surface area contributed by atoms with Crippen LogP contribution in [0.4, 0.5) is 10.2 Å². The molecule has 1 heterocycles. The van der Waals surface area contributed by atoms with Gasteiger partial charge in [0.05, 0.1) is 4.47 Å². The molecule has 0 atom stereocenters. The number of amides is 1. The van der Waals surface area contributed by atoms with Gasteiger partial charge in [0.2, 0.25) is 5.91 Å². The number of halogens is 2. The zero-order chi connectivity index (χ0) is 11.1. The molecule has 1 aromatic heterocycles. The average molecular weight is 273 g/mol. The van der Waals surface area contributed by atoms with Gasteiger partial charge in [-0.05, 0) is 34.8 Å². The van der Waals surface area contributed by atoms with Crippen LogP contribution in [0.3, 0.4) is 0 Å². The average Bonchev–Trinajstić information content (AvgIpc) is 2.93. The Kier molecular flexibility index (Phi) is 2.50. The molecule has 5 heteroatoms. The zero-order valence-electron chi connectivity index (χ0n) is 8.18. The van der Waals surface area contributed by atoms with Gasteiger partial charge in [-0.1, -0.05) is 6.92 Å². The molecular formula is C10H10BrFN2O. The number of aromatic nitrogens is 1. The Morgan fingerprint density at radius 2 is 2.33 bits per heavy atom. The number of carbonyl (C=O) groups excluding carboxylic acids is 1. The normalized spacial score (nSPS) is 17.3. The van der Waals surface area contributed by atoms with Crippen molar-refractivity contribution in [2.45, 2.75) is 19.8 Å². The van der Waals surface area contributed by atoms with Gasteiger partial charge in [0.15, 0.2) is 11.6 Å². The summed E-state index contributed by atoms with van der Waals surface area (Å²) in [7, 11) is 0. The monoisotopic (exact) mass is 272 g/mol. The summed E-state index contributed by atoms with van der Waals surface area (Å²) >= 11 is 3.04. The largest absolute Gasteiger partial charge is 0.308 e. The van der Waals surface area contributed by atoms with Crippen LogP contribution in [0, 0.1) is 11.2 Å². The van der Waals surface area contributed by atoms with Crippen molar-refractivity contribution in [2.24, 2.45) is 5.41 Å². The van der Waals surface area contributed by atoms with E-state index in [4.69, 9.17) is 0 Å². The van der Waals surface area contributed by atoms with E-state index in [1.54, 1.807) is 0 Å². The van der Waals surface area contributed by atoms with E-state index >= 15 is 0 Å². The van der Waals surface area contributed by atoms with Crippen molar-refractivity contribution in [1.29, 1.82) is 0 Å². The smallest absolute Gasteiger partial charge is 0.231 e. The lowest BCUT2D eigenvalue weighted by Gasteiger charge is -2.09. The summed E-state index contributed by atoms with van der Waals surface area (Å²) in [6.45, 7) is 1.86. The maximum absolute atomic E-state index is 13.4. The van der Waals surface area contributed by atoms with Crippen molar-refractivity contribution >= 4 is 27.7 Å². The van der Waals surface area contributed by atoms with Gasteiger partial charge in [0.25, 0.3) is 0 Å². The molecule has 2 rings (SSSR count). The molecule has 0 saturated heterocycles. The molecule has 1 N–H and O–H groups in total. The predicted octanol–water partition coefficient (Wildman–Crippen LogP) is 2.72. The highest BCUT2D eigenvalue weighted by Crippen LogP contribution is 2.45. The molecule has 0 aliphatic heterocycles. The maximum atomic E-state index is 13.4. The topological polar surface area (TPSA) is 42.0 Å². The van der Waals surface area contributed by atoms with E-state index in [1.807, 2.05) is 6.92 Å². The second-order valence-electron chi connectivity index (χ2n) is 3.97. The molecule has 1 saturated carbocycles. The third-order valence-electron chi connectivity index (χ3n) is 2.62. The number of pyridine rings is 1. The molecule has 1 aromatic rings. The molecule has 1 fully saturated rings. The highest BCUT2D eigenvalue weighted by Gasteiger charge is 2.45. The Balaban J connectivity index is 2.17. The van der Waals surface area contributed by atoms with E-state index in [0.717, 1.165) is 12.8 Å². The summed E-state index contributed by atoms with van der Waals surface area (Å²) in [6.07, 6.45) is 3.15. The Morgan fingerprint density at radius 1 is 1.67 bits per heavy atom. The minimum absolute atomic E-state index is 0.0116. The lowest BCUT2D eigenvalue weighted by molar-refractivity contribution is -0.120. The van der Waals surface area contributed by atoms with Crippen LogP contribution in [0.1, 0.15) is 19.8 Å². The first-order chi connectivity index (χ1) is 7.03. The lowest BCUT2D eigenvalue weighted by Crippen LogP contribution is -2.22. The summed E-state index contributed by atoms with van der Waals surface area (Å²) in [5, 5.41) is 2.50. The SMILES string of the molecule is CC1(C(=O)Nc2nccc(Br)c2F)CC1. The minimum atomic E-state index is -0.532. The van der Waals surface area contributed by atoms with Gasteiger partial charge in [-0.15, -0.1) is 0 Å². The van der Waals surface area contributed by atoms with Crippen LogP contribution in [0.2, 0.25) is 0 Å². The van der Waals surface area contributed by atoms with Crippen LogP contribution < -0.4 is 5.32 Å². The van der Waals surface area contributed by atoms with Gasteiger partial charge in [-0.2, -0.15) is 0 Å². The van der Waals surface area contributed by atoms with E-state index < -0.39 is 5.82 Å². The fourth-order valence-electron chi connectivity index (χ4n) is 1.18. The zero-order valence-corrected chi connectivity index (χ0v) is 9.77. The molecule has 3 nitrogen and oxygen atoms in total. The highest BCUT2D eigenvalue weighted by atomic mass is 79.9. The Bertz CT molecular complexity index is 418. The number of nitrogens with zero attached hydrogens (tertiary/aromatic N) is 1. The fraction of sp³-hybridized carbons (Fsp3) is 0.400. The van der Waals surface area contributed by atoms with Gasteiger partial charge < -0.3 is 5.32 Å². The van der Waals surface area contributed by atoms with E-state index in [9.17, 15) is 9.18 Å². The minimum Gasteiger partial charge on any atom is -0.308 e. The molecule has 1 aliphatic rings. The van der Waals surface area contributed by atoms with Gasteiger partial charge in [-0.3, -0.25) is 4.79 Å². The number of carbonyl (C=O) groups is 1. The molecule has 15 heavy (non-hydrogen) atoms. The Morgan fingerprint density at radius 3 is 2.93 bits per heavy atom. The number of hydrogen-bond acceptors (Lipinski definition) is 2. The van der Waals surface area contributed by atoms with Gasteiger partial charge in [0.1, 0.15) is 0 Å². The van der Waals surface area contributed by atoms with Gasteiger partial charge in [0, 0.05) is 11.6 Å². The van der Waals surface area contributed by atoms with Gasteiger partial charge >= 0.3 is 0 Å². The van der Waals surface area contributed by atoms with Crippen molar-refractivity contribution in [1.82, 2.24) is 4.98 Å². The number of rotatable bonds is 2. The van der Waals surface area contributed by atoms with E-state index in [-0.39, 0.29) is 17.1 Å². The molecule has 1 amide bonds. The highest BCUT2D eigenvalue weighted by molar-refractivity contribution is 9.10. The van der Waals surface area contributed by atoms with Crippen LogP contribution in [-0.2, 0) is 4.79 Å². The lowest BCUT2D eigenvalue weighted by atomic mass is 10.1. The second kappa shape index (κ2) is 3.56. The van der Waals surface area contributed by atoms with Crippen LogP contribution in [-0.4, -0.2) is 10.9 Å². The van der Waals surface area contributed by atoms with E-state index in [1.165, 1.54) is 12.3 Å². The molecule has 0 spiro atoms. The quantitative estimate of drug-likeness (QED) is 0.900. The number of nitrogens with one attached hydrogen (secondary N) is 1. The van der Waals surface area contributed by atoms with Crippen LogP contribution in [0.25, 0.3) is 0 Å². The number of anilines is 1. The molecule has 0 bridgehead atoms. The third-order valence-corrected chi connectivity index (χ3v) is 3.23. The third kappa shape index (κ3) is 2.02. The molecule has 0 radical (unpaired) electrons. The molecule has 1 aliphatic carbocycles. The Hall–Kier alpha value is -0.970. The molecular weight excluding hydrogens is 263 g/mol. The Labute approximate surface area is 95.2 Å². The summed E-state index contributed by atoms with van der Waals surface area (Å²) in [5.74, 6) is -0.704. The molecule has 0 aromatic carbocycles. The van der Waals surface area contributed by atoms with Crippen molar-refractivity contribution in [3.05, 3.63) is 22.6 Å². The standard InChI is InChI=1S/C10H10BrFN2O/c1-10(3-4-10)9(15)14-8-7(12)6(11)2-5-13-8/h2,5H,3-4H2,1H3,(H,13,14,15). The van der Waals surface area contributed by atoms with E-state index in [0.29, 0.717) is 4.47 Å². The molecule has 80 valence electrons. The van der Waals surface area contributed by atoms with Crippen molar-refractivity contribution < 1.29 is 9.18 Å². The maximum Gasteiger partial charge on any atom is 0.231 e. The first-order valence-corrected chi connectivity index (χ1v) is 5.44. The first-order valence-electron chi connectivity index (χ1n) is 4.64. The molecule has 0 unspecified atom stereocenters. The van der Waals surface area contributed by atoms with Gasteiger partial charge in [-0.25, -0.2) is 9.37 Å². The summed E-state index contributed by atoms with van der Waals surface area (Å²) in [6, 6.07) is 1.49. The number of hydrogen-bond donors (Lipinski definition) is 1. The first kappa shape index (κ1) is 10.5. The fourth-order valence-corrected chi connectivity index (χ4v) is 1.49. The summed E-state index contributed by atoms with van der Waals surface area (Å²) in [5.41, 5.74) is -0.323. The van der Waals surface area contributed by atoms with Crippen molar-refractivity contribution in [3.63, 3.8) is 0 Å².